The van der Waals surface area contributed by atoms with Gasteiger partial charge in [-0.3, -0.25) is 0 Å². The summed E-state index contributed by atoms with van der Waals surface area (Å²) in [6, 6.07) is 0. The summed E-state index contributed by atoms with van der Waals surface area (Å²) in [6.07, 6.45) is 2.02. The number of aliphatic hydroxyl groups is 1. The average Bonchev–Trinajstić information content (AvgIpc) is 2.60. The van der Waals surface area contributed by atoms with Crippen molar-refractivity contribution in [2.75, 3.05) is 13.1 Å². The summed E-state index contributed by atoms with van der Waals surface area (Å²) in [7, 11) is -2.07. The Kier molecular flexibility index (Phi) is 3.44. The molecule has 6 nitrogen and oxygen atoms in total. The highest BCUT2D eigenvalue weighted by molar-refractivity contribution is 7.89. The van der Waals surface area contributed by atoms with Crippen LogP contribution in [-0.2, 0) is 17.1 Å². The number of aliphatic hydroxyl groups excluding tert-OH is 1. The van der Waals surface area contributed by atoms with Crippen LogP contribution < -0.4 is 0 Å². The van der Waals surface area contributed by atoms with Crippen molar-refractivity contribution >= 4 is 21.6 Å². The van der Waals surface area contributed by atoms with Crippen molar-refractivity contribution in [2.24, 2.45) is 7.05 Å². The normalized spacial score (nSPS) is 22.9. The van der Waals surface area contributed by atoms with Crippen LogP contribution in [0.2, 0.25) is 5.15 Å². The van der Waals surface area contributed by atoms with Gasteiger partial charge in [-0.1, -0.05) is 11.6 Å². The number of piperidine rings is 1. The molecule has 0 bridgehead atoms. The van der Waals surface area contributed by atoms with E-state index in [0.29, 0.717) is 19.4 Å². The highest BCUT2D eigenvalue weighted by Gasteiger charge is 2.33. The molecule has 96 valence electrons. The first kappa shape index (κ1) is 12.8. The summed E-state index contributed by atoms with van der Waals surface area (Å²) in [5.74, 6) is 0. The van der Waals surface area contributed by atoms with Gasteiger partial charge in [-0.2, -0.15) is 4.31 Å². The van der Waals surface area contributed by atoms with Crippen molar-refractivity contribution in [3.63, 3.8) is 0 Å². The van der Waals surface area contributed by atoms with Gasteiger partial charge in [-0.05, 0) is 12.8 Å². The van der Waals surface area contributed by atoms with E-state index in [2.05, 4.69) is 4.98 Å². The summed E-state index contributed by atoms with van der Waals surface area (Å²) in [4.78, 5) is 3.81. The maximum atomic E-state index is 12.2. The third-order valence-electron chi connectivity index (χ3n) is 2.78. The summed E-state index contributed by atoms with van der Waals surface area (Å²) in [5.41, 5.74) is 0. The van der Waals surface area contributed by atoms with E-state index in [1.165, 1.54) is 15.2 Å². The number of hydrogen-bond donors (Lipinski definition) is 1. The summed E-state index contributed by atoms with van der Waals surface area (Å²) < 4.78 is 27.1. The molecule has 17 heavy (non-hydrogen) atoms. The number of nitrogens with zero attached hydrogens (tertiary/aromatic N) is 3. The van der Waals surface area contributed by atoms with Gasteiger partial charge >= 0.3 is 0 Å². The summed E-state index contributed by atoms with van der Waals surface area (Å²) in [6.45, 7) is 0.502. The Morgan fingerprint density at radius 2 is 2.29 bits per heavy atom. The van der Waals surface area contributed by atoms with Gasteiger partial charge < -0.3 is 9.67 Å². The van der Waals surface area contributed by atoms with E-state index in [-0.39, 0.29) is 16.7 Å². The smallest absolute Gasteiger partial charge is 0.263 e. The van der Waals surface area contributed by atoms with Gasteiger partial charge in [0.1, 0.15) is 5.15 Å². The number of sulfonamides is 1. The molecule has 0 aliphatic carbocycles. The fourth-order valence-corrected chi connectivity index (χ4v) is 3.73. The first-order valence-corrected chi connectivity index (χ1v) is 7.10. The number of aryl methyl sites for hydroxylation is 1. The van der Waals surface area contributed by atoms with Gasteiger partial charge in [0, 0.05) is 20.1 Å². The van der Waals surface area contributed by atoms with Crippen LogP contribution in [0.1, 0.15) is 12.8 Å². The van der Waals surface area contributed by atoms with Crippen LogP contribution >= 0.6 is 11.6 Å². The molecule has 1 aromatic rings. The number of imidazole rings is 1. The molecule has 1 unspecified atom stereocenters. The lowest BCUT2D eigenvalue weighted by Gasteiger charge is -2.28. The van der Waals surface area contributed by atoms with Gasteiger partial charge in [0.15, 0.2) is 0 Å². The number of aromatic nitrogens is 2. The number of halogens is 1. The molecule has 2 rings (SSSR count). The van der Waals surface area contributed by atoms with E-state index >= 15 is 0 Å². The van der Waals surface area contributed by atoms with E-state index in [0.717, 1.165) is 0 Å². The van der Waals surface area contributed by atoms with Crippen molar-refractivity contribution in [1.29, 1.82) is 0 Å². The Labute approximate surface area is 105 Å². The highest BCUT2D eigenvalue weighted by atomic mass is 35.5. The Morgan fingerprint density at radius 1 is 1.59 bits per heavy atom. The van der Waals surface area contributed by atoms with E-state index in [9.17, 15) is 13.5 Å². The van der Waals surface area contributed by atoms with Crippen molar-refractivity contribution in [2.45, 2.75) is 24.0 Å². The maximum Gasteiger partial charge on any atom is 0.263 e. The molecule has 1 aliphatic rings. The number of hydrogen-bond acceptors (Lipinski definition) is 4. The Morgan fingerprint density at radius 3 is 2.82 bits per heavy atom. The predicted molar refractivity (Wildman–Crippen MR) is 62.2 cm³/mol. The first-order valence-electron chi connectivity index (χ1n) is 5.28. The monoisotopic (exact) mass is 279 g/mol. The van der Waals surface area contributed by atoms with Crippen LogP contribution in [-0.4, -0.2) is 46.6 Å². The zero-order valence-corrected chi connectivity index (χ0v) is 10.9. The average molecular weight is 280 g/mol. The number of rotatable bonds is 2. The zero-order chi connectivity index (χ0) is 12.6. The third kappa shape index (κ3) is 2.33. The molecule has 1 atom stereocenters. The first-order chi connectivity index (χ1) is 7.93. The van der Waals surface area contributed by atoms with Crippen LogP contribution in [0.4, 0.5) is 0 Å². The Bertz CT molecular complexity index is 514. The predicted octanol–water partition coefficient (Wildman–Crippen LogP) is 0.219. The van der Waals surface area contributed by atoms with Gasteiger partial charge in [0.05, 0.1) is 12.4 Å². The summed E-state index contributed by atoms with van der Waals surface area (Å²) >= 11 is 5.88. The molecule has 1 aromatic heterocycles. The molecular weight excluding hydrogens is 266 g/mol. The molecule has 1 aliphatic heterocycles. The molecule has 0 radical (unpaired) electrons. The van der Waals surface area contributed by atoms with Gasteiger partial charge in [0.2, 0.25) is 5.03 Å². The topological polar surface area (TPSA) is 75.4 Å². The van der Waals surface area contributed by atoms with Crippen molar-refractivity contribution in [3.8, 4) is 0 Å². The zero-order valence-electron chi connectivity index (χ0n) is 9.37. The molecular formula is C9H14ClN3O3S. The van der Waals surface area contributed by atoms with Crippen LogP contribution in [0.25, 0.3) is 0 Å². The fraction of sp³-hybridized carbons (Fsp3) is 0.667. The van der Waals surface area contributed by atoms with E-state index in [1.807, 2.05) is 0 Å². The standard InChI is InChI=1S/C9H14ClN3O3S/c1-12-6-11-9(8(12)10)17(15,16)13-4-2-3-7(14)5-13/h6-7,14H,2-5H2,1H3. The van der Waals surface area contributed by atoms with Crippen molar-refractivity contribution in [3.05, 3.63) is 11.5 Å². The molecule has 2 heterocycles. The van der Waals surface area contributed by atoms with Crippen LogP contribution in [0.5, 0.6) is 0 Å². The van der Waals surface area contributed by atoms with Crippen molar-refractivity contribution < 1.29 is 13.5 Å². The lowest BCUT2D eigenvalue weighted by molar-refractivity contribution is 0.108. The van der Waals surface area contributed by atoms with Gasteiger partial charge in [-0.25, -0.2) is 13.4 Å². The second kappa shape index (κ2) is 4.56. The summed E-state index contributed by atoms with van der Waals surface area (Å²) in [5, 5.41) is 9.44. The maximum absolute atomic E-state index is 12.2. The number of β-amino-alcohol motifs (C(OH)–C–C–N with tert-alkyl or cyclic N) is 1. The minimum Gasteiger partial charge on any atom is -0.392 e. The molecule has 0 aromatic carbocycles. The second-order valence-electron chi connectivity index (χ2n) is 4.11. The van der Waals surface area contributed by atoms with Crippen LogP contribution in [0.15, 0.2) is 11.4 Å². The second-order valence-corrected chi connectivity index (χ2v) is 6.32. The molecule has 0 spiro atoms. The molecule has 1 saturated heterocycles. The fourth-order valence-electron chi connectivity index (χ4n) is 1.83. The van der Waals surface area contributed by atoms with Gasteiger partial charge in [-0.15, -0.1) is 0 Å². The molecule has 1 fully saturated rings. The minimum atomic E-state index is -3.70. The SMILES string of the molecule is Cn1cnc(S(=O)(=O)N2CCCC(O)C2)c1Cl. The minimum absolute atomic E-state index is 0.0880. The largest absolute Gasteiger partial charge is 0.392 e. The Balaban J connectivity index is 2.33. The third-order valence-corrected chi connectivity index (χ3v) is 5.13. The van der Waals surface area contributed by atoms with E-state index in [1.54, 1.807) is 7.05 Å². The van der Waals surface area contributed by atoms with Crippen LogP contribution in [0, 0.1) is 0 Å². The van der Waals surface area contributed by atoms with Crippen LogP contribution in [0.3, 0.4) is 0 Å². The Hall–Kier alpha value is -0.630. The van der Waals surface area contributed by atoms with E-state index < -0.39 is 16.1 Å². The molecule has 0 saturated carbocycles. The highest BCUT2D eigenvalue weighted by Crippen LogP contribution is 2.24. The van der Waals surface area contributed by atoms with E-state index in [4.69, 9.17) is 11.6 Å². The van der Waals surface area contributed by atoms with Crippen molar-refractivity contribution in [1.82, 2.24) is 13.9 Å². The molecule has 1 N–H and O–H groups in total. The van der Waals surface area contributed by atoms with Gasteiger partial charge in [0.25, 0.3) is 10.0 Å². The lowest BCUT2D eigenvalue weighted by Crippen LogP contribution is -2.42. The quantitative estimate of drug-likeness (QED) is 0.840. The molecule has 0 amide bonds. The lowest BCUT2D eigenvalue weighted by atomic mass is 10.1. The molecule has 8 heteroatoms.